The third-order valence-corrected chi connectivity index (χ3v) is 9.18. The number of fused-ring (bicyclic) bond motifs is 3. The Labute approximate surface area is 270 Å². The fourth-order valence-electron chi connectivity index (χ4n) is 6.51. The summed E-state index contributed by atoms with van der Waals surface area (Å²) in [7, 11) is 0. The van der Waals surface area contributed by atoms with Crippen LogP contribution in [0.1, 0.15) is 84.3 Å². The zero-order chi connectivity index (χ0) is 33.9. The Bertz CT molecular complexity index is 1780. The van der Waals surface area contributed by atoms with E-state index in [-0.39, 0.29) is 35.8 Å². The van der Waals surface area contributed by atoms with Crippen LogP contribution in [0.3, 0.4) is 0 Å². The Balaban J connectivity index is 1.53. The second-order valence-electron chi connectivity index (χ2n) is 12.3. The summed E-state index contributed by atoms with van der Waals surface area (Å²) in [5.74, 6) is -7.44. The number of halogens is 4. The number of ether oxygens (including phenoxy) is 1. The van der Waals surface area contributed by atoms with E-state index in [9.17, 15) is 31.9 Å². The normalized spacial score (nSPS) is 18.7. The molecule has 0 bridgehead atoms. The molecule has 1 aromatic heterocycles. The molecule has 0 amide bonds. The first-order valence-electron chi connectivity index (χ1n) is 15.7. The van der Waals surface area contributed by atoms with Crippen LogP contribution in [0.15, 0.2) is 65.7 Å². The van der Waals surface area contributed by atoms with Gasteiger partial charge in [0.05, 0.1) is 6.61 Å². The number of rotatable bonds is 12. The topological polar surface area (TPSA) is 88.6 Å². The summed E-state index contributed by atoms with van der Waals surface area (Å²) in [6, 6.07) is 13.8. The second-order valence-corrected chi connectivity index (χ2v) is 12.3. The van der Waals surface area contributed by atoms with Gasteiger partial charge in [0.1, 0.15) is 5.92 Å². The molecule has 5 rings (SSSR count). The number of carbonyl (C=O) groups excluding carboxylic acids is 3. The van der Waals surface area contributed by atoms with Gasteiger partial charge in [-0.15, -0.1) is 0 Å². The largest absolute Gasteiger partial charge is 0.465 e. The molecule has 0 saturated heterocycles. The summed E-state index contributed by atoms with van der Waals surface area (Å²) in [6.45, 7) is 5.58. The molecule has 3 unspecified atom stereocenters. The van der Waals surface area contributed by atoms with Crippen LogP contribution in [0.4, 0.5) is 17.6 Å². The number of nitrogens with zero attached hydrogens (tertiary/aromatic N) is 1. The van der Waals surface area contributed by atoms with Crippen molar-refractivity contribution in [2.45, 2.75) is 57.8 Å². The number of hydrogen-bond acceptors (Lipinski definition) is 5. The molecular weight excluding hydrogens is 612 g/mol. The van der Waals surface area contributed by atoms with Crippen molar-refractivity contribution in [3.05, 3.63) is 106 Å². The number of aromatic nitrogens is 1. The summed E-state index contributed by atoms with van der Waals surface area (Å²) in [4.78, 5) is 48.0. The first kappa shape index (κ1) is 33.8. The zero-order valence-corrected chi connectivity index (χ0v) is 26.4. The Morgan fingerprint density at radius 2 is 1.40 bits per heavy atom. The van der Waals surface area contributed by atoms with Gasteiger partial charge >= 0.3 is 5.97 Å². The van der Waals surface area contributed by atoms with E-state index in [1.165, 1.54) is 12.1 Å². The molecule has 0 saturated carbocycles. The average Bonchev–Trinajstić information content (AvgIpc) is 3.37. The lowest BCUT2D eigenvalue weighted by Crippen LogP contribution is -2.33. The second kappa shape index (κ2) is 14.0. The number of esters is 1. The number of Topliss-reactive ketones (excluding diaryl/α,β-unsaturated/α-hetero) is 2. The van der Waals surface area contributed by atoms with Gasteiger partial charge in [0.2, 0.25) is 0 Å². The van der Waals surface area contributed by atoms with Crippen LogP contribution in [-0.2, 0) is 14.9 Å². The van der Waals surface area contributed by atoms with E-state index in [4.69, 9.17) is 9.73 Å². The molecular formula is C37H36F4N2O4. The predicted molar refractivity (Wildman–Crippen MR) is 171 cm³/mol. The van der Waals surface area contributed by atoms with E-state index < -0.39 is 52.4 Å². The number of nitrogens with one attached hydrogen (secondary N) is 1. The first-order chi connectivity index (χ1) is 22.5. The molecule has 2 heterocycles. The molecule has 10 heteroatoms. The Hall–Kier alpha value is -4.60. The molecule has 3 atom stereocenters. The highest BCUT2D eigenvalue weighted by atomic mass is 19.2. The van der Waals surface area contributed by atoms with Gasteiger partial charge in [0.25, 0.3) is 0 Å². The van der Waals surface area contributed by atoms with Crippen molar-refractivity contribution in [1.29, 1.82) is 0 Å². The van der Waals surface area contributed by atoms with Gasteiger partial charge in [-0.3, -0.25) is 19.4 Å². The minimum absolute atomic E-state index is 0.0604. The van der Waals surface area contributed by atoms with Crippen LogP contribution < -0.4 is 0 Å². The summed E-state index contributed by atoms with van der Waals surface area (Å²) < 4.78 is 60.5. The van der Waals surface area contributed by atoms with Gasteiger partial charge < -0.3 is 9.72 Å². The Morgan fingerprint density at radius 1 is 0.851 bits per heavy atom. The smallest absolute Gasteiger partial charge is 0.320 e. The van der Waals surface area contributed by atoms with Crippen molar-refractivity contribution in [3.8, 4) is 0 Å². The fraction of sp³-hybridized carbons (Fsp3) is 0.351. The van der Waals surface area contributed by atoms with Crippen LogP contribution in [-0.4, -0.2) is 41.9 Å². The van der Waals surface area contributed by atoms with Gasteiger partial charge in [0, 0.05) is 57.7 Å². The van der Waals surface area contributed by atoms with Crippen molar-refractivity contribution < 1.29 is 36.7 Å². The molecule has 3 aromatic carbocycles. The lowest BCUT2D eigenvalue weighted by Gasteiger charge is -2.35. The molecule has 0 fully saturated rings. The van der Waals surface area contributed by atoms with Gasteiger partial charge in [-0.25, -0.2) is 17.6 Å². The highest BCUT2D eigenvalue weighted by molar-refractivity contribution is 6.00. The van der Waals surface area contributed by atoms with E-state index in [1.807, 2.05) is 24.3 Å². The molecule has 6 nitrogen and oxygen atoms in total. The summed E-state index contributed by atoms with van der Waals surface area (Å²) in [6.07, 6.45) is 3.04. The standard InChI is InChI=1S/C37H36F4N2O4/c1-4-47-36(46)26-19-42-20-37(32-25-7-5-6-8-31(25)43-33(26)32,15-13-21(2)34(44)23-9-11-27(38)29(40)17-23)16-14-22(3)35(45)24-10-12-28(39)30(41)18-24/h5-12,17-19,21-22,26,43H,4,13-16,20H2,1-3H3. The average molecular weight is 649 g/mol. The van der Waals surface area contributed by atoms with Crippen LogP contribution in [0.25, 0.3) is 10.9 Å². The minimum atomic E-state index is -1.11. The van der Waals surface area contributed by atoms with Gasteiger partial charge in [-0.2, -0.15) is 0 Å². The molecule has 1 aliphatic heterocycles. The molecule has 4 aromatic rings. The number of benzene rings is 3. The number of ketones is 2. The van der Waals surface area contributed by atoms with Crippen molar-refractivity contribution in [1.82, 2.24) is 4.98 Å². The number of hydrogen-bond donors (Lipinski definition) is 1. The van der Waals surface area contributed by atoms with E-state index in [2.05, 4.69) is 4.98 Å². The first-order valence-corrected chi connectivity index (χ1v) is 15.7. The van der Waals surface area contributed by atoms with Crippen LogP contribution in [0.5, 0.6) is 0 Å². The zero-order valence-electron chi connectivity index (χ0n) is 26.4. The highest BCUT2D eigenvalue weighted by Crippen LogP contribution is 2.46. The lowest BCUT2D eigenvalue weighted by molar-refractivity contribution is -0.143. The minimum Gasteiger partial charge on any atom is -0.465 e. The van der Waals surface area contributed by atoms with Crippen molar-refractivity contribution >= 4 is 34.7 Å². The van der Waals surface area contributed by atoms with Crippen LogP contribution >= 0.6 is 0 Å². The van der Waals surface area contributed by atoms with E-state index in [0.29, 0.717) is 31.4 Å². The van der Waals surface area contributed by atoms with Crippen LogP contribution in [0, 0.1) is 35.1 Å². The Kier molecular flexibility index (Phi) is 10.1. The van der Waals surface area contributed by atoms with Gasteiger partial charge in [-0.1, -0.05) is 32.0 Å². The summed E-state index contributed by atoms with van der Waals surface area (Å²) in [5.41, 5.74) is 1.59. The quantitative estimate of drug-likeness (QED) is 0.0951. The number of para-hydroxylation sites is 1. The van der Waals surface area contributed by atoms with E-state index in [1.54, 1.807) is 27.0 Å². The molecule has 1 aliphatic rings. The lowest BCUT2D eigenvalue weighted by atomic mass is 9.69. The van der Waals surface area contributed by atoms with Crippen molar-refractivity contribution in [2.75, 3.05) is 13.2 Å². The number of aliphatic imine (C=N–C) groups is 1. The molecule has 0 spiro atoms. The van der Waals surface area contributed by atoms with Crippen molar-refractivity contribution in [3.63, 3.8) is 0 Å². The maximum atomic E-state index is 14.0. The van der Waals surface area contributed by atoms with E-state index >= 15 is 0 Å². The fourth-order valence-corrected chi connectivity index (χ4v) is 6.51. The predicted octanol–water partition coefficient (Wildman–Crippen LogP) is 8.29. The monoisotopic (exact) mass is 648 g/mol. The Morgan fingerprint density at radius 3 is 1.94 bits per heavy atom. The third-order valence-electron chi connectivity index (χ3n) is 9.18. The number of carbonyl (C=O) groups is 3. The third kappa shape index (κ3) is 6.92. The number of H-pyrrole nitrogens is 1. The van der Waals surface area contributed by atoms with Gasteiger partial charge in [0.15, 0.2) is 34.8 Å². The summed E-state index contributed by atoms with van der Waals surface area (Å²) >= 11 is 0. The molecule has 47 heavy (non-hydrogen) atoms. The van der Waals surface area contributed by atoms with E-state index in [0.717, 1.165) is 40.7 Å². The highest BCUT2D eigenvalue weighted by Gasteiger charge is 2.42. The molecule has 1 N–H and O–H groups in total. The maximum Gasteiger partial charge on any atom is 0.320 e. The SMILES string of the molecule is CCOC(=O)C1C=NCC(CCC(C)C(=O)c2ccc(F)c(F)c2)(CCC(C)C(=O)c2ccc(F)c(F)c2)c2c1[nH]c1ccccc21. The maximum absolute atomic E-state index is 14.0. The molecule has 0 aliphatic carbocycles. The van der Waals surface area contributed by atoms with Crippen LogP contribution in [0.2, 0.25) is 0 Å². The van der Waals surface area contributed by atoms with Crippen molar-refractivity contribution in [2.24, 2.45) is 16.8 Å². The summed E-state index contributed by atoms with van der Waals surface area (Å²) in [5, 5.41) is 0.862. The van der Waals surface area contributed by atoms with Gasteiger partial charge in [-0.05, 0) is 80.6 Å². The molecule has 0 radical (unpaired) electrons. The number of aromatic amines is 1. The molecule has 246 valence electrons.